The third kappa shape index (κ3) is 5.14. The lowest BCUT2D eigenvalue weighted by Gasteiger charge is -2.48. The van der Waals surface area contributed by atoms with Crippen LogP contribution in [0.5, 0.6) is 0 Å². The van der Waals surface area contributed by atoms with Crippen LogP contribution in [0.3, 0.4) is 0 Å². The van der Waals surface area contributed by atoms with Crippen molar-refractivity contribution in [1.29, 1.82) is 0 Å². The third-order valence-corrected chi connectivity index (χ3v) is 17.6. The van der Waals surface area contributed by atoms with Gasteiger partial charge in [0, 0.05) is 27.7 Å². The Morgan fingerprint density at radius 2 is 1.35 bits per heavy atom. The Bertz CT molecular complexity index is 561. The average molecular weight is 407 g/mol. The standard InChI is InChI=1S/C15H26O9Si2/c1-7-26(8-2)15(22-11(5)18)13(20-9(3)16)14(21-10(4)17)24-25(26)23-12(6)19/h13-15,25H,7-8H2,1-6H3. The summed E-state index contributed by atoms with van der Waals surface area (Å²) in [5, 5.41) is 0. The normalized spacial score (nSPS) is 27.2. The van der Waals surface area contributed by atoms with Crippen LogP contribution in [0.4, 0.5) is 0 Å². The molecular weight excluding hydrogens is 380 g/mol. The monoisotopic (exact) mass is 406 g/mol. The average Bonchev–Trinajstić information content (AvgIpc) is 2.50. The molecule has 0 aromatic rings. The Morgan fingerprint density at radius 3 is 1.73 bits per heavy atom. The second kappa shape index (κ2) is 9.28. The number of rotatable bonds is 6. The van der Waals surface area contributed by atoms with E-state index in [0.717, 1.165) is 0 Å². The SMILES string of the molecule is CC[Si]1(CC)C(OC(C)=O)C(OC(C)=O)C(OC(C)=O)O[SiH]1OC(C)=O. The highest BCUT2D eigenvalue weighted by Gasteiger charge is 2.63. The molecule has 0 aromatic carbocycles. The Morgan fingerprint density at radius 1 is 0.846 bits per heavy atom. The van der Waals surface area contributed by atoms with Gasteiger partial charge in [-0.2, -0.15) is 0 Å². The first kappa shape index (κ1) is 22.3. The number of hydrogen-bond donors (Lipinski definition) is 0. The largest absolute Gasteiger partial charge is 0.500 e. The first-order valence-electron chi connectivity index (χ1n) is 8.41. The highest BCUT2D eigenvalue weighted by atomic mass is 29.2. The van der Waals surface area contributed by atoms with Gasteiger partial charge in [-0.05, 0) is 0 Å². The van der Waals surface area contributed by atoms with E-state index >= 15 is 0 Å². The molecule has 0 amide bonds. The van der Waals surface area contributed by atoms with E-state index in [2.05, 4.69) is 0 Å². The van der Waals surface area contributed by atoms with Crippen molar-refractivity contribution in [2.24, 2.45) is 0 Å². The molecule has 1 heterocycles. The number of hydrogen-bond acceptors (Lipinski definition) is 9. The third-order valence-electron chi connectivity index (χ3n) is 4.33. The van der Waals surface area contributed by atoms with Crippen LogP contribution in [0, 0.1) is 0 Å². The van der Waals surface area contributed by atoms with Crippen LogP contribution in [0.1, 0.15) is 41.5 Å². The molecule has 1 aliphatic rings. The summed E-state index contributed by atoms with van der Waals surface area (Å²) in [5.41, 5.74) is -0.840. The minimum atomic E-state index is -2.71. The molecular formula is C15H26O9Si2. The summed E-state index contributed by atoms with van der Waals surface area (Å²) in [5.74, 6) is -2.37. The molecule has 1 rings (SSSR count). The Hall–Kier alpha value is -1.73. The van der Waals surface area contributed by atoms with Crippen LogP contribution < -0.4 is 0 Å². The maximum Gasteiger partial charge on any atom is 0.368 e. The Kier molecular flexibility index (Phi) is 7.96. The molecule has 0 N–H and O–H groups in total. The molecule has 4 unspecified atom stereocenters. The molecule has 0 spiro atoms. The summed E-state index contributed by atoms with van der Waals surface area (Å²) in [6.45, 7) is 8.68. The summed E-state index contributed by atoms with van der Waals surface area (Å²) in [4.78, 5) is 46.4. The predicted octanol–water partition coefficient (Wildman–Crippen LogP) is 0.659. The van der Waals surface area contributed by atoms with Crippen molar-refractivity contribution in [2.75, 3.05) is 0 Å². The molecule has 0 bridgehead atoms. The number of carbonyl (C=O) groups excluding carboxylic acids is 4. The van der Waals surface area contributed by atoms with Gasteiger partial charge in [0.2, 0.25) is 6.29 Å². The minimum absolute atomic E-state index is 0.519. The van der Waals surface area contributed by atoms with Crippen molar-refractivity contribution in [1.82, 2.24) is 0 Å². The summed E-state index contributed by atoms with van der Waals surface area (Å²) in [6.07, 6.45) is -2.40. The minimum Gasteiger partial charge on any atom is -0.500 e. The summed E-state index contributed by atoms with van der Waals surface area (Å²) >= 11 is 0. The van der Waals surface area contributed by atoms with Crippen LogP contribution >= 0.6 is 0 Å². The molecule has 0 aliphatic carbocycles. The highest BCUT2D eigenvalue weighted by Crippen LogP contribution is 2.36. The van der Waals surface area contributed by atoms with Crippen molar-refractivity contribution < 1.29 is 42.2 Å². The molecule has 148 valence electrons. The number of ether oxygens (including phenoxy) is 3. The first-order chi connectivity index (χ1) is 12.1. The molecule has 9 nitrogen and oxygen atoms in total. The summed E-state index contributed by atoms with van der Waals surface area (Å²) < 4.78 is 27.4. The van der Waals surface area contributed by atoms with E-state index in [-0.39, 0.29) is 0 Å². The molecule has 26 heavy (non-hydrogen) atoms. The number of esters is 3. The van der Waals surface area contributed by atoms with Crippen molar-refractivity contribution in [3.63, 3.8) is 0 Å². The maximum absolute atomic E-state index is 11.7. The molecule has 11 heteroatoms. The van der Waals surface area contributed by atoms with Gasteiger partial charge in [0.25, 0.3) is 5.97 Å². The van der Waals surface area contributed by atoms with Gasteiger partial charge in [-0.15, -0.1) is 0 Å². The van der Waals surface area contributed by atoms with Crippen molar-refractivity contribution in [2.45, 2.75) is 71.8 Å². The lowest BCUT2D eigenvalue weighted by Crippen LogP contribution is -2.74. The molecule has 0 aromatic heterocycles. The maximum atomic E-state index is 11.7. The van der Waals surface area contributed by atoms with Gasteiger partial charge < -0.3 is 23.1 Å². The zero-order chi connectivity index (χ0) is 20.1. The molecule has 0 saturated carbocycles. The highest BCUT2D eigenvalue weighted by molar-refractivity contribution is 7.29. The van der Waals surface area contributed by atoms with Gasteiger partial charge in [0.05, 0.1) is 0 Å². The topological polar surface area (TPSA) is 114 Å². The van der Waals surface area contributed by atoms with E-state index in [1.54, 1.807) is 0 Å². The first-order valence-corrected chi connectivity index (χ1v) is 13.7. The van der Waals surface area contributed by atoms with E-state index in [9.17, 15) is 19.2 Å². The lowest BCUT2D eigenvalue weighted by atomic mass is 10.3. The van der Waals surface area contributed by atoms with E-state index < -0.39 is 58.4 Å². The number of carbonyl (C=O) groups is 4. The van der Waals surface area contributed by atoms with Crippen LogP contribution in [0.25, 0.3) is 0 Å². The van der Waals surface area contributed by atoms with E-state index in [1.165, 1.54) is 27.7 Å². The molecule has 1 saturated heterocycles. The zero-order valence-electron chi connectivity index (χ0n) is 15.9. The van der Waals surface area contributed by atoms with Gasteiger partial charge in [-0.25, -0.2) is 0 Å². The van der Waals surface area contributed by atoms with Crippen molar-refractivity contribution in [3.05, 3.63) is 0 Å². The fourth-order valence-electron chi connectivity index (χ4n) is 3.15. The molecule has 1 aliphatic heterocycles. The quantitative estimate of drug-likeness (QED) is 0.356. The van der Waals surface area contributed by atoms with E-state index in [0.29, 0.717) is 12.1 Å². The molecule has 1 fully saturated rings. The fourth-order valence-corrected chi connectivity index (χ4v) is 14.0. The summed E-state index contributed by atoms with van der Waals surface area (Å²) in [7, 11) is -5.38. The fraction of sp³-hybridized carbons (Fsp3) is 0.733. The second-order valence-corrected chi connectivity index (χ2v) is 16.6. The van der Waals surface area contributed by atoms with Crippen molar-refractivity contribution in [3.8, 4) is 0 Å². The zero-order valence-corrected chi connectivity index (χ0v) is 18.1. The predicted molar refractivity (Wildman–Crippen MR) is 93.4 cm³/mol. The Balaban J connectivity index is 3.45. The van der Waals surface area contributed by atoms with Gasteiger partial charge in [0.1, 0.15) is 5.73 Å². The van der Waals surface area contributed by atoms with E-state index in [1.807, 2.05) is 13.8 Å². The lowest BCUT2D eigenvalue weighted by molar-refractivity contribution is -0.208. The Labute approximate surface area is 154 Å². The van der Waals surface area contributed by atoms with E-state index in [4.69, 9.17) is 23.1 Å². The van der Waals surface area contributed by atoms with Gasteiger partial charge in [-0.1, -0.05) is 25.9 Å². The van der Waals surface area contributed by atoms with Crippen LogP contribution in [-0.2, 0) is 42.2 Å². The molecule has 4 atom stereocenters. The molecule has 0 radical (unpaired) electrons. The van der Waals surface area contributed by atoms with Gasteiger partial charge in [0.15, 0.2) is 13.7 Å². The van der Waals surface area contributed by atoms with Crippen LogP contribution in [0.15, 0.2) is 0 Å². The smallest absolute Gasteiger partial charge is 0.368 e. The summed E-state index contributed by atoms with van der Waals surface area (Å²) in [6, 6.07) is 1.16. The van der Waals surface area contributed by atoms with Crippen LogP contribution in [0.2, 0.25) is 12.1 Å². The van der Waals surface area contributed by atoms with Crippen LogP contribution in [-0.4, -0.2) is 58.4 Å². The van der Waals surface area contributed by atoms with Gasteiger partial charge >= 0.3 is 26.7 Å². The second-order valence-electron chi connectivity index (χ2n) is 6.10. The van der Waals surface area contributed by atoms with Crippen molar-refractivity contribution >= 4 is 40.3 Å². The van der Waals surface area contributed by atoms with Gasteiger partial charge in [-0.3, -0.25) is 19.2 Å².